The molecule has 0 bridgehead atoms. The van der Waals surface area contributed by atoms with Crippen LogP contribution < -0.4 is 5.32 Å². The van der Waals surface area contributed by atoms with Gasteiger partial charge in [-0.3, -0.25) is 5.10 Å². The Balaban J connectivity index is 2.21. The maximum Gasteiger partial charge on any atom is 0.260 e. The molecule has 1 aromatic rings. The summed E-state index contributed by atoms with van der Waals surface area (Å²) in [4.78, 5) is 0. The van der Waals surface area contributed by atoms with Gasteiger partial charge in [-0.25, -0.2) is 8.42 Å². The fraction of sp³-hybridized carbons (Fsp3) is 0.786. The standard InChI is InChI=1S/C14H26N4O2S/c1-10(2)15-6-13-7-16-17-14(13)21(19,20)18-8-11(3)5-12(4)9-18/h7,10-12,15H,5-6,8-9H2,1-4H3,(H,16,17). The number of H-pyrrole nitrogens is 1. The van der Waals surface area contributed by atoms with Crippen molar-refractivity contribution >= 4 is 10.0 Å². The van der Waals surface area contributed by atoms with E-state index in [1.165, 1.54) is 0 Å². The van der Waals surface area contributed by atoms with Crippen molar-refractivity contribution in [2.45, 2.75) is 51.7 Å². The van der Waals surface area contributed by atoms with Gasteiger partial charge in [0.2, 0.25) is 0 Å². The lowest BCUT2D eigenvalue weighted by molar-refractivity contribution is 0.222. The number of sulfonamides is 1. The number of aromatic nitrogens is 2. The van der Waals surface area contributed by atoms with E-state index in [9.17, 15) is 8.42 Å². The van der Waals surface area contributed by atoms with Gasteiger partial charge in [0, 0.05) is 31.2 Å². The summed E-state index contributed by atoms with van der Waals surface area (Å²) >= 11 is 0. The molecule has 2 atom stereocenters. The minimum absolute atomic E-state index is 0.233. The Kier molecular flexibility index (Phi) is 5.06. The summed E-state index contributed by atoms with van der Waals surface area (Å²) in [5, 5.41) is 10.1. The van der Waals surface area contributed by atoms with Crippen LogP contribution in [0.4, 0.5) is 0 Å². The van der Waals surface area contributed by atoms with Gasteiger partial charge in [-0.2, -0.15) is 9.40 Å². The maximum absolute atomic E-state index is 12.8. The van der Waals surface area contributed by atoms with Crippen LogP contribution in [-0.4, -0.2) is 42.1 Å². The number of hydrogen-bond acceptors (Lipinski definition) is 4. The van der Waals surface area contributed by atoms with Crippen LogP contribution in [-0.2, 0) is 16.6 Å². The van der Waals surface area contributed by atoms with Crippen molar-refractivity contribution in [1.82, 2.24) is 19.8 Å². The van der Waals surface area contributed by atoms with Crippen molar-refractivity contribution in [2.24, 2.45) is 11.8 Å². The van der Waals surface area contributed by atoms with E-state index in [4.69, 9.17) is 0 Å². The molecule has 0 amide bonds. The molecule has 2 heterocycles. The third kappa shape index (κ3) is 3.84. The molecule has 2 N–H and O–H groups in total. The number of piperidine rings is 1. The first-order valence-electron chi connectivity index (χ1n) is 7.56. The van der Waals surface area contributed by atoms with Crippen molar-refractivity contribution in [2.75, 3.05) is 13.1 Å². The number of nitrogens with zero attached hydrogens (tertiary/aromatic N) is 2. The van der Waals surface area contributed by atoms with Crippen LogP contribution in [0.5, 0.6) is 0 Å². The van der Waals surface area contributed by atoms with Crippen LogP contribution in [0.1, 0.15) is 39.7 Å². The molecule has 2 unspecified atom stereocenters. The van der Waals surface area contributed by atoms with E-state index in [1.54, 1.807) is 10.5 Å². The summed E-state index contributed by atoms with van der Waals surface area (Å²) in [5.74, 6) is 0.785. The summed E-state index contributed by atoms with van der Waals surface area (Å²) < 4.78 is 27.3. The SMILES string of the molecule is CC1CC(C)CN(S(=O)(=O)c2[nH]ncc2CNC(C)C)C1. The van der Waals surface area contributed by atoms with Crippen LogP contribution in [0.3, 0.4) is 0 Å². The average Bonchev–Trinajstić information content (AvgIpc) is 2.84. The Morgan fingerprint density at radius 1 is 1.38 bits per heavy atom. The van der Waals surface area contributed by atoms with Gasteiger partial charge in [-0.1, -0.05) is 27.7 Å². The molecule has 120 valence electrons. The first kappa shape index (κ1) is 16.5. The summed E-state index contributed by atoms with van der Waals surface area (Å²) in [6, 6.07) is 0.297. The zero-order valence-corrected chi connectivity index (χ0v) is 14.1. The highest BCUT2D eigenvalue weighted by Gasteiger charge is 2.34. The number of hydrogen-bond donors (Lipinski definition) is 2. The van der Waals surface area contributed by atoms with Gasteiger partial charge in [-0.15, -0.1) is 0 Å². The van der Waals surface area contributed by atoms with Gasteiger partial charge < -0.3 is 5.32 Å². The minimum atomic E-state index is -3.49. The molecule has 0 saturated carbocycles. The zero-order chi connectivity index (χ0) is 15.6. The summed E-state index contributed by atoms with van der Waals surface area (Å²) in [5.41, 5.74) is 0.703. The highest BCUT2D eigenvalue weighted by Crippen LogP contribution is 2.27. The van der Waals surface area contributed by atoms with Crippen LogP contribution in [0.25, 0.3) is 0 Å². The topological polar surface area (TPSA) is 78.1 Å². The third-order valence-corrected chi connectivity index (χ3v) is 5.66. The van der Waals surface area contributed by atoms with Gasteiger partial charge >= 0.3 is 0 Å². The lowest BCUT2D eigenvalue weighted by Crippen LogP contribution is -2.43. The molecule has 0 spiro atoms. The van der Waals surface area contributed by atoms with Crippen LogP contribution in [0.15, 0.2) is 11.2 Å². The lowest BCUT2D eigenvalue weighted by atomic mass is 9.94. The molecule has 0 aromatic carbocycles. The largest absolute Gasteiger partial charge is 0.310 e. The van der Waals surface area contributed by atoms with Crippen LogP contribution in [0.2, 0.25) is 0 Å². The van der Waals surface area contributed by atoms with E-state index < -0.39 is 10.0 Å². The van der Waals surface area contributed by atoms with Gasteiger partial charge in [0.15, 0.2) is 5.03 Å². The molecule has 1 saturated heterocycles. The van der Waals surface area contributed by atoms with Crippen molar-refractivity contribution < 1.29 is 8.42 Å². The summed E-state index contributed by atoms with van der Waals surface area (Å²) in [7, 11) is -3.49. The number of rotatable bonds is 5. The summed E-state index contributed by atoms with van der Waals surface area (Å²) in [6.07, 6.45) is 2.68. The molecule has 1 aromatic heterocycles. The highest BCUT2D eigenvalue weighted by molar-refractivity contribution is 7.89. The molecule has 2 rings (SSSR count). The second-order valence-corrected chi connectivity index (χ2v) is 8.40. The van der Waals surface area contributed by atoms with E-state index >= 15 is 0 Å². The smallest absolute Gasteiger partial charge is 0.260 e. The molecule has 1 aliphatic heterocycles. The van der Waals surface area contributed by atoms with E-state index in [0.29, 0.717) is 43.1 Å². The fourth-order valence-corrected chi connectivity index (χ4v) is 4.68. The van der Waals surface area contributed by atoms with Crippen LogP contribution >= 0.6 is 0 Å². The summed E-state index contributed by atoms with van der Waals surface area (Å²) in [6.45, 7) is 9.94. The predicted octanol–water partition coefficient (Wildman–Crippen LogP) is 1.57. The second-order valence-electron chi connectivity index (χ2n) is 6.53. The van der Waals surface area contributed by atoms with E-state index in [0.717, 1.165) is 6.42 Å². The Labute approximate surface area is 127 Å². The minimum Gasteiger partial charge on any atom is -0.310 e. The van der Waals surface area contributed by atoms with E-state index in [-0.39, 0.29) is 5.03 Å². The van der Waals surface area contributed by atoms with E-state index in [2.05, 4.69) is 29.4 Å². The van der Waals surface area contributed by atoms with Crippen molar-refractivity contribution in [3.05, 3.63) is 11.8 Å². The molecule has 6 nitrogen and oxygen atoms in total. The Morgan fingerprint density at radius 3 is 2.57 bits per heavy atom. The molecule has 7 heteroatoms. The Hall–Kier alpha value is -0.920. The van der Waals surface area contributed by atoms with Gasteiger partial charge in [0.05, 0.1) is 6.20 Å². The quantitative estimate of drug-likeness (QED) is 0.865. The Bertz CT molecular complexity index is 557. The molecule has 0 aliphatic carbocycles. The zero-order valence-electron chi connectivity index (χ0n) is 13.3. The van der Waals surface area contributed by atoms with Crippen LogP contribution in [0, 0.1) is 11.8 Å². The maximum atomic E-state index is 12.8. The van der Waals surface area contributed by atoms with Crippen molar-refractivity contribution in [3.8, 4) is 0 Å². The Morgan fingerprint density at radius 2 is 2.00 bits per heavy atom. The second kappa shape index (κ2) is 6.46. The first-order chi connectivity index (χ1) is 9.80. The average molecular weight is 314 g/mol. The third-order valence-electron chi connectivity index (χ3n) is 3.81. The van der Waals surface area contributed by atoms with Gasteiger partial charge in [0.1, 0.15) is 0 Å². The molecule has 1 fully saturated rings. The van der Waals surface area contributed by atoms with E-state index in [1.807, 2.05) is 13.8 Å². The van der Waals surface area contributed by atoms with Gasteiger partial charge in [-0.05, 0) is 18.3 Å². The predicted molar refractivity (Wildman–Crippen MR) is 82.3 cm³/mol. The fourth-order valence-electron chi connectivity index (χ4n) is 2.89. The molecule has 21 heavy (non-hydrogen) atoms. The molecular formula is C14H26N4O2S. The van der Waals surface area contributed by atoms with Crippen molar-refractivity contribution in [3.63, 3.8) is 0 Å². The molecule has 0 radical (unpaired) electrons. The van der Waals surface area contributed by atoms with Crippen molar-refractivity contribution in [1.29, 1.82) is 0 Å². The van der Waals surface area contributed by atoms with Gasteiger partial charge in [0.25, 0.3) is 10.0 Å². The number of nitrogens with one attached hydrogen (secondary N) is 2. The monoisotopic (exact) mass is 314 g/mol. The number of aromatic amines is 1. The molecular weight excluding hydrogens is 288 g/mol. The lowest BCUT2D eigenvalue weighted by Gasteiger charge is -2.33. The normalized spacial score (nSPS) is 24.6. The highest BCUT2D eigenvalue weighted by atomic mass is 32.2. The molecule has 1 aliphatic rings. The first-order valence-corrected chi connectivity index (χ1v) is 9.00.